The van der Waals surface area contributed by atoms with Crippen molar-refractivity contribution in [2.45, 2.75) is 25.3 Å². The molecule has 23 heavy (non-hydrogen) atoms. The molecule has 0 radical (unpaired) electrons. The van der Waals surface area contributed by atoms with Gasteiger partial charge in [-0.1, -0.05) is 23.4 Å². The van der Waals surface area contributed by atoms with Crippen molar-refractivity contribution in [3.63, 3.8) is 0 Å². The zero-order chi connectivity index (χ0) is 16.6. The molecule has 0 aliphatic rings. The van der Waals surface area contributed by atoms with Crippen LogP contribution in [-0.2, 0) is 16.6 Å². The summed E-state index contributed by atoms with van der Waals surface area (Å²) in [5, 5.41) is 4.70. The second-order valence-corrected chi connectivity index (χ2v) is 7.43. The summed E-state index contributed by atoms with van der Waals surface area (Å²) in [5.74, 6) is 0.297. The number of pyridine rings is 1. The van der Waals surface area contributed by atoms with Gasteiger partial charge in [-0.15, -0.1) is 0 Å². The summed E-state index contributed by atoms with van der Waals surface area (Å²) in [4.78, 5) is 4.49. The third kappa shape index (κ3) is 2.85. The van der Waals surface area contributed by atoms with Crippen molar-refractivity contribution >= 4 is 20.9 Å². The number of fused-ring (bicyclic) bond motifs is 1. The van der Waals surface area contributed by atoms with Crippen LogP contribution in [0.3, 0.4) is 0 Å². The molecule has 1 aromatic carbocycles. The molecule has 3 aromatic rings. The molecule has 0 amide bonds. The van der Waals surface area contributed by atoms with E-state index in [1.54, 1.807) is 20.0 Å². The SMILES string of the molecule is Cc1noc(C)c1S(=O)(=O)N(C)Cc1cnc2ccccc2c1. The van der Waals surface area contributed by atoms with Gasteiger partial charge in [0, 0.05) is 25.2 Å². The van der Waals surface area contributed by atoms with Gasteiger partial charge in [-0.3, -0.25) is 4.98 Å². The largest absolute Gasteiger partial charge is 0.360 e. The highest BCUT2D eigenvalue weighted by Crippen LogP contribution is 2.24. The highest BCUT2D eigenvalue weighted by atomic mass is 32.2. The first-order valence-corrected chi connectivity index (χ1v) is 8.56. The monoisotopic (exact) mass is 331 g/mol. The van der Waals surface area contributed by atoms with Crippen LogP contribution >= 0.6 is 0 Å². The number of nitrogens with zero attached hydrogens (tertiary/aromatic N) is 3. The van der Waals surface area contributed by atoms with Gasteiger partial charge >= 0.3 is 0 Å². The molecular weight excluding hydrogens is 314 g/mol. The molecule has 0 N–H and O–H groups in total. The Hall–Kier alpha value is -2.25. The highest BCUT2D eigenvalue weighted by molar-refractivity contribution is 7.89. The van der Waals surface area contributed by atoms with E-state index < -0.39 is 10.0 Å². The van der Waals surface area contributed by atoms with Crippen LogP contribution in [-0.4, -0.2) is 29.9 Å². The van der Waals surface area contributed by atoms with Gasteiger partial charge in [0.1, 0.15) is 10.6 Å². The minimum atomic E-state index is -3.66. The van der Waals surface area contributed by atoms with Crippen LogP contribution in [0.4, 0.5) is 0 Å². The van der Waals surface area contributed by atoms with Gasteiger partial charge in [0.2, 0.25) is 10.0 Å². The summed E-state index contributed by atoms with van der Waals surface area (Å²) < 4.78 is 31.7. The van der Waals surface area contributed by atoms with E-state index in [-0.39, 0.29) is 11.4 Å². The minimum absolute atomic E-state index is 0.133. The van der Waals surface area contributed by atoms with Gasteiger partial charge in [-0.05, 0) is 31.5 Å². The lowest BCUT2D eigenvalue weighted by atomic mass is 10.1. The average Bonchev–Trinajstić information content (AvgIpc) is 2.86. The van der Waals surface area contributed by atoms with E-state index in [0.29, 0.717) is 11.5 Å². The minimum Gasteiger partial charge on any atom is -0.360 e. The molecule has 0 atom stereocenters. The number of aromatic nitrogens is 2. The maximum absolute atomic E-state index is 12.7. The standard InChI is InChI=1S/C16H17N3O3S/c1-11-16(12(2)22-18-11)23(20,21)19(3)10-13-8-14-6-4-5-7-15(14)17-9-13/h4-9H,10H2,1-3H3. The second-order valence-electron chi connectivity index (χ2n) is 5.45. The molecule has 0 bridgehead atoms. The molecule has 0 fully saturated rings. The highest BCUT2D eigenvalue weighted by Gasteiger charge is 2.28. The molecule has 0 spiro atoms. The third-order valence-corrected chi connectivity index (χ3v) is 5.74. The van der Waals surface area contributed by atoms with Crippen molar-refractivity contribution in [2.75, 3.05) is 7.05 Å². The summed E-state index contributed by atoms with van der Waals surface area (Å²) in [6.45, 7) is 3.44. The van der Waals surface area contributed by atoms with Crippen molar-refractivity contribution < 1.29 is 12.9 Å². The maximum atomic E-state index is 12.7. The molecule has 120 valence electrons. The lowest BCUT2D eigenvalue weighted by Gasteiger charge is -2.17. The maximum Gasteiger partial charge on any atom is 0.248 e. The number of rotatable bonds is 4. The molecular formula is C16H17N3O3S. The van der Waals surface area contributed by atoms with Crippen molar-refractivity contribution in [1.82, 2.24) is 14.4 Å². The van der Waals surface area contributed by atoms with E-state index >= 15 is 0 Å². The molecule has 0 unspecified atom stereocenters. The Morgan fingerprint density at radius 3 is 2.65 bits per heavy atom. The Morgan fingerprint density at radius 2 is 1.96 bits per heavy atom. The van der Waals surface area contributed by atoms with Gasteiger partial charge in [0.05, 0.1) is 5.52 Å². The van der Waals surface area contributed by atoms with Crippen LogP contribution < -0.4 is 0 Å². The number of sulfonamides is 1. The number of hydrogen-bond acceptors (Lipinski definition) is 5. The second kappa shape index (κ2) is 5.75. The van der Waals surface area contributed by atoms with Crippen molar-refractivity contribution in [3.05, 3.63) is 53.5 Å². The summed E-state index contributed by atoms with van der Waals surface area (Å²) in [7, 11) is -2.12. The van der Waals surface area contributed by atoms with E-state index in [9.17, 15) is 8.42 Å². The molecule has 0 aliphatic heterocycles. The summed E-state index contributed by atoms with van der Waals surface area (Å²) in [5.41, 5.74) is 2.07. The Labute approximate surface area is 134 Å². The lowest BCUT2D eigenvalue weighted by molar-refractivity contribution is 0.389. The van der Waals surface area contributed by atoms with Gasteiger partial charge in [-0.2, -0.15) is 4.31 Å². The molecule has 2 aromatic heterocycles. The molecule has 0 saturated heterocycles. The van der Waals surface area contributed by atoms with Gasteiger partial charge in [0.15, 0.2) is 5.76 Å². The zero-order valence-corrected chi connectivity index (χ0v) is 14.0. The molecule has 6 nitrogen and oxygen atoms in total. The molecule has 7 heteroatoms. The predicted octanol–water partition coefficient (Wildman–Crippen LogP) is 2.66. The van der Waals surface area contributed by atoms with Crippen LogP contribution in [0.25, 0.3) is 10.9 Å². The molecule has 3 rings (SSSR count). The van der Waals surface area contributed by atoms with Gasteiger partial charge < -0.3 is 4.52 Å². The first-order chi connectivity index (χ1) is 10.9. The fourth-order valence-electron chi connectivity index (χ4n) is 2.54. The van der Waals surface area contributed by atoms with Crippen LogP contribution in [0.1, 0.15) is 17.0 Å². The van der Waals surface area contributed by atoms with E-state index in [1.165, 1.54) is 11.4 Å². The number of hydrogen-bond donors (Lipinski definition) is 0. The summed E-state index contributed by atoms with van der Waals surface area (Å²) in [6, 6.07) is 9.67. The summed E-state index contributed by atoms with van der Waals surface area (Å²) in [6.07, 6.45) is 1.70. The fraction of sp³-hybridized carbons (Fsp3) is 0.250. The van der Waals surface area contributed by atoms with E-state index in [4.69, 9.17) is 4.52 Å². The quantitative estimate of drug-likeness (QED) is 0.734. The Balaban J connectivity index is 1.92. The van der Waals surface area contributed by atoms with Crippen LogP contribution in [0.5, 0.6) is 0 Å². The topological polar surface area (TPSA) is 76.3 Å². The van der Waals surface area contributed by atoms with Crippen LogP contribution in [0.2, 0.25) is 0 Å². The Kier molecular flexibility index (Phi) is 3.91. The van der Waals surface area contributed by atoms with Crippen molar-refractivity contribution in [3.8, 4) is 0 Å². The lowest BCUT2D eigenvalue weighted by Crippen LogP contribution is -2.27. The smallest absolute Gasteiger partial charge is 0.248 e. The molecule has 0 saturated carbocycles. The van der Waals surface area contributed by atoms with E-state index in [0.717, 1.165) is 16.5 Å². The van der Waals surface area contributed by atoms with Gasteiger partial charge in [0.25, 0.3) is 0 Å². The van der Waals surface area contributed by atoms with Gasteiger partial charge in [-0.25, -0.2) is 8.42 Å². The number of para-hydroxylation sites is 1. The third-order valence-electron chi connectivity index (χ3n) is 3.69. The van der Waals surface area contributed by atoms with E-state index in [1.807, 2.05) is 30.3 Å². The summed E-state index contributed by atoms with van der Waals surface area (Å²) >= 11 is 0. The van der Waals surface area contributed by atoms with Crippen molar-refractivity contribution in [2.24, 2.45) is 0 Å². The first-order valence-electron chi connectivity index (χ1n) is 7.12. The normalized spacial score (nSPS) is 12.2. The Bertz CT molecular complexity index is 944. The zero-order valence-electron chi connectivity index (χ0n) is 13.1. The first kappa shape index (κ1) is 15.6. The number of benzene rings is 1. The van der Waals surface area contributed by atoms with Crippen molar-refractivity contribution in [1.29, 1.82) is 0 Å². The molecule has 2 heterocycles. The molecule has 0 aliphatic carbocycles. The Morgan fingerprint density at radius 1 is 1.22 bits per heavy atom. The van der Waals surface area contributed by atoms with E-state index in [2.05, 4.69) is 10.1 Å². The fourth-order valence-corrected chi connectivity index (χ4v) is 3.99. The number of aryl methyl sites for hydroxylation is 2. The van der Waals surface area contributed by atoms with Crippen LogP contribution in [0.15, 0.2) is 45.9 Å². The average molecular weight is 331 g/mol. The predicted molar refractivity (Wildman–Crippen MR) is 86.4 cm³/mol. The van der Waals surface area contributed by atoms with Crippen LogP contribution in [0, 0.1) is 13.8 Å².